The fraction of sp³-hybridized carbons (Fsp3) is 0.760. The van der Waals surface area contributed by atoms with E-state index in [-0.39, 0.29) is 29.2 Å². The van der Waals surface area contributed by atoms with Crippen LogP contribution in [0.25, 0.3) is 0 Å². The fourth-order valence-corrected chi connectivity index (χ4v) is 6.74. The van der Waals surface area contributed by atoms with Crippen LogP contribution in [0.4, 0.5) is 0 Å². The van der Waals surface area contributed by atoms with Gasteiger partial charge in [0.05, 0.1) is 0 Å². The average molecular weight is 414 g/mol. The van der Waals surface area contributed by atoms with Crippen molar-refractivity contribution < 1.29 is 9.59 Å². The molecule has 1 aromatic rings. The van der Waals surface area contributed by atoms with Crippen molar-refractivity contribution in [1.82, 2.24) is 15.2 Å². The van der Waals surface area contributed by atoms with Crippen molar-refractivity contribution in [3.63, 3.8) is 0 Å². The summed E-state index contributed by atoms with van der Waals surface area (Å²) in [7, 11) is 2.05. The van der Waals surface area contributed by atoms with E-state index < -0.39 is 6.04 Å². The molecule has 1 aromatic heterocycles. The third-order valence-corrected chi connectivity index (χ3v) is 8.03. The number of hydrogen-bond donors (Lipinski definition) is 2. The Bertz CT molecular complexity index is 746. The zero-order valence-corrected chi connectivity index (χ0v) is 19.1. The van der Waals surface area contributed by atoms with E-state index in [2.05, 4.69) is 28.2 Å². The maximum absolute atomic E-state index is 13.4. The predicted octanol–water partition coefficient (Wildman–Crippen LogP) is 3.82. The van der Waals surface area contributed by atoms with Crippen molar-refractivity contribution in [2.45, 2.75) is 84.2 Å². The van der Waals surface area contributed by atoms with Gasteiger partial charge in [0.1, 0.15) is 6.04 Å². The van der Waals surface area contributed by atoms with Crippen molar-refractivity contribution >= 4 is 11.8 Å². The van der Waals surface area contributed by atoms with E-state index in [1.807, 2.05) is 33.2 Å². The van der Waals surface area contributed by atoms with E-state index in [4.69, 9.17) is 0 Å². The van der Waals surface area contributed by atoms with E-state index in [1.54, 1.807) is 0 Å². The van der Waals surface area contributed by atoms with Gasteiger partial charge in [-0.15, -0.1) is 0 Å². The second-order valence-corrected chi connectivity index (χ2v) is 11.0. The Hall–Kier alpha value is -1.78. The van der Waals surface area contributed by atoms with Crippen LogP contribution >= 0.6 is 0 Å². The van der Waals surface area contributed by atoms with Crippen LogP contribution < -0.4 is 10.6 Å². The second kappa shape index (κ2) is 8.39. The molecule has 2 atom stereocenters. The minimum atomic E-state index is -0.456. The first-order chi connectivity index (χ1) is 14.3. The maximum atomic E-state index is 13.4. The van der Waals surface area contributed by atoms with Gasteiger partial charge in [0, 0.05) is 30.4 Å². The number of nitrogens with one attached hydrogen (secondary N) is 2. The van der Waals surface area contributed by atoms with Crippen molar-refractivity contribution in [3.05, 3.63) is 24.0 Å². The third kappa shape index (κ3) is 4.31. The zero-order chi connectivity index (χ0) is 21.5. The molecule has 0 radical (unpaired) electrons. The van der Waals surface area contributed by atoms with Crippen molar-refractivity contribution in [2.24, 2.45) is 36.1 Å². The molecule has 0 aromatic carbocycles. The minimum Gasteiger partial charge on any atom is -0.354 e. The van der Waals surface area contributed by atoms with Crippen molar-refractivity contribution in [2.75, 3.05) is 0 Å². The molecule has 4 saturated carbocycles. The Morgan fingerprint density at radius 2 is 1.67 bits per heavy atom. The highest BCUT2D eigenvalue weighted by molar-refractivity contribution is 5.90. The summed E-state index contributed by atoms with van der Waals surface area (Å²) in [6, 6.07) is 3.79. The Balaban J connectivity index is 1.34. The highest BCUT2D eigenvalue weighted by Crippen LogP contribution is 2.60. The van der Waals surface area contributed by atoms with Gasteiger partial charge in [-0.3, -0.25) is 9.59 Å². The molecule has 4 bridgehead atoms. The lowest BCUT2D eigenvalue weighted by molar-refractivity contribution is -0.149. The molecule has 5 nitrogen and oxygen atoms in total. The number of amides is 2. The van der Waals surface area contributed by atoms with Crippen LogP contribution in [0.3, 0.4) is 0 Å². The molecule has 0 spiro atoms. The number of aryl methyl sites for hydroxylation is 2. The number of hydrogen-bond acceptors (Lipinski definition) is 2. The summed E-state index contributed by atoms with van der Waals surface area (Å²) >= 11 is 0. The summed E-state index contributed by atoms with van der Waals surface area (Å²) in [6.45, 7) is 6.11. The van der Waals surface area contributed by atoms with E-state index in [1.165, 1.54) is 25.0 Å². The highest BCUT2D eigenvalue weighted by Gasteiger charge is 2.55. The van der Waals surface area contributed by atoms with Gasteiger partial charge in [-0.05, 0) is 94.1 Å². The number of rotatable bonds is 8. The molecule has 4 aliphatic rings. The molecule has 30 heavy (non-hydrogen) atoms. The van der Waals surface area contributed by atoms with Gasteiger partial charge in [0.15, 0.2) is 0 Å². The van der Waals surface area contributed by atoms with Crippen LogP contribution in [0.5, 0.6) is 0 Å². The Kier molecular flexibility index (Phi) is 6.00. The maximum Gasteiger partial charge on any atom is 0.243 e. The quantitative estimate of drug-likeness (QED) is 0.680. The summed E-state index contributed by atoms with van der Waals surface area (Å²) in [5.41, 5.74) is 1.06. The zero-order valence-electron chi connectivity index (χ0n) is 19.1. The summed E-state index contributed by atoms with van der Waals surface area (Å²) in [4.78, 5) is 26.5. The molecule has 5 heteroatoms. The molecular weight excluding hydrogens is 374 g/mol. The Labute approximate surface area is 181 Å². The van der Waals surface area contributed by atoms with Gasteiger partial charge >= 0.3 is 0 Å². The first kappa shape index (κ1) is 21.5. The first-order valence-corrected chi connectivity index (χ1v) is 12.0. The lowest BCUT2D eigenvalue weighted by Crippen LogP contribution is -2.59. The van der Waals surface area contributed by atoms with E-state index >= 15 is 0 Å². The molecule has 2 amide bonds. The smallest absolute Gasteiger partial charge is 0.243 e. The molecule has 0 aliphatic heterocycles. The van der Waals surface area contributed by atoms with Crippen LogP contribution in [0.15, 0.2) is 18.3 Å². The summed E-state index contributed by atoms with van der Waals surface area (Å²) in [6.07, 6.45) is 10.9. The minimum absolute atomic E-state index is 0.0394. The molecule has 2 N–H and O–H groups in total. The van der Waals surface area contributed by atoms with Crippen LogP contribution in [-0.2, 0) is 23.1 Å². The lowest BCUT2D eigenvalue weighted by Gasteiger charge is -2.55. The van der Waals surface area contributed by atoms with E-state index in [9.17, 15) is 9.59 Å². The summed E-state index contributed by atoms with van der Waals surface area (Å²) in [5, 5.41) is 6.36. The number of carbonyl (C=O) groups excluding carboxylic acids is 2. The van der Waals surface area contributed by atoms with Gasteiger partial charge in [-0.25, -0.2) is 0 Å². The second-order valence-electron chi connectivity index (χ2n) is 11.0. The highest BCUT2D eigenvalue weighted by atomic mass is 16.2. The number of carbonyl (C=O) groups is 2. The largest absolute Gasteiger partial charge is 0.354 e. The number of nitrogens with zero attached hydrogens (tertiary/aromatic N) is 1. The summed E-state index contributed by atoms with van der Waals surface area (Å²) in [5.74, 6) is 2.36. The lowest BCUT2D eigenvalue weighted by atomic mass is 9.49. The monoisotopic (exact) mass is 413 g/mol. The SMILES string of the molecule is CC(C)[C@H](NC(=O)C12CC3CC(CC(C3)C1)C2)C(=O)N[C@H](C)CCc1cccn1C. The Morgan fingerprint density at radius 1 is 1.07 bits per heavy atom. The van der Waals surface area contributed by atoms with Crippen molar-refractivity contribution in [1.29, 1.82) is 0 Å². The number of aromatic nitrogens is 1. The van der Waals surface area contributed by atoms with Gasteiger partial charge < -0.3 is 15.2 Å². The fourth-order valence-electron chi connectivity index (χ4n) is 6.74. The molecule has 5 rings (SSSR count). The molecule has 0 unspecified atom stereocenters. The Morgan fingerprint density at radius 3 is 2.17 bits per heavy atom. The van der Waals surface area contributed by atoms with Gasteiger partial charge in [0.2, 0.25) is 11.8 Å². The first-order valence-electron chi connectivity index (χ1n) is 12.0. The topological polar surface area (TPSA) is 63.1 Å². The van der Waals surface area contributed by atoms with Gasteiger partial charge in [0.25, 0.3) is 0 Å². The van der Waals surface area contributed by atoms with E-state index in [0.717, 1.165) is 49.9 Å². The van der Waals surface area contributed by atoms with Crippen LogP contribution in [0.2, 0.25) is 0 Å². The molecular formula is C25H39N3O2. The molecule has 166 valence electrons. The molecule has 0 saturated heterocycles. The van der Waals surface area contributed by atoms with E-state index in [0.29, 0.717) is 0 Å². The molecule has 1 heterocycles. The molecule has 4 aliphatic carbocycles. The van der Waals surface area contributed by atoms with Crippen molar-refractivity contribution in [3.8, 4) is 0 Å². The summed E-state index contributed by atoms with van der Waals surface area (Å²) < 4.78 is 2.12. The van der Waals surface area contributed by atoms with Crippen LogP contribution in [0, 0.1) is 29.1 Å². The average Bonchev–Trinajstić information content (AvgIpc) is 3.07. The van der Waals surface area contributed by atoms with Gasteiger partial charge in [-0.1, -0.05) is 13.8 Å². The van der Waals surface area contributed by atoms with Crippen LogP contribution in [-0.4, -0.2) is 28.5 Å². The third-order valence-electron chi connectivity index (χ3n) is 8.03. The molecule has 4 fully saturated rings. The normalized spacial score (nSPS) is 31.6. The van der Waals surface area contributed by atoms with Gasteiger partial charge in [-0.2, -0.15) is 0 Å². The predicted molar refractivity (Wildman–Crippen MR) is 119 cm³/mol. The standard InChI is InChI=1S/C25H39N3O2/c1-16(2)22(23(29)26-17(3)7-8-21-6-5-9-28(21)4)27-24(30)25-13-18-10-19(14-25)12-20(11-18)15-25/h5-6,9,16-20,22H,7-8,10-15H2,1-4H3,(H,26,29)(H,27,30)/t17-,18?,19?,20?,22+,25?/m1/s1. The van der Waals surface area contributed by atoms with Crippen LogP contribution in [0.1, 0.15) is 71.4 Å².